The molecule has 1 rings (SSSR count). The first kappa shape index (κ1) is 6.64. The van der Waals surface area contributed by atoms with Gasteiger partial charge in [-0.25, -0.2) is 12.1 Å². The van der Waals surface area contributed by atoms with Crippen molar-refractivity contribution in [2.75, 3.05) is 0 Å². The van der Waals surface area contributed by atoms with Gasteiger partial charge in [-0.05, 0) is 0 Å². The van der Waals surface area contributed by atoms with Gasteiger partial charge in [0.25, 0.3) is 0 Å². The van der Waals surface area contributed by atoms with Crippen molar-refractivity contribution in [1.29, 1.82) is 0 Å². The fourth-order valence-corrected chi connectivity index (χ4v) is 0.269. The normalized spacial score (nSPS) is 5.71. The van der Waals surface area contributed by atoms with Crippen molar-refractivity contribution in [2.45, 2.75) is 0 Å². The Balaban J connectivity index is 0.000000360. The minimum absolute atomic E-state index is 0. The van der Waals surface area contributed by atoms with E-state index in [-0.39, 0.29) is 18.9 Å². The average molecular weight is 82.0 g/mol. The summed E-state index contributed by atoms with van der Waals surface area (Å²) >= 11 is 0. The van der Waals surface area contributed by atoms with Crippen molar-refractivity contribution >= 4 is 0 Å². The summed E-state index contributed by atoms with van der Waals surface area (Å²) in [6.45, 7) is 0. The predicted octanol–water partition coefficient (Wildman–Crippen LogP) is -1.91. The van der Waals surface area contributed by atoms with Gasteiger partial charge in [0.05, 0.1) is 0 Å². The molecule has 0 saturated carbocycles. The summed E-state index contributed by atoms with van der Waals surface area (Å²) in [5.74, 6) is 0. The van der Waals surface area contributed by atoms with Gasteiger partial charge in [0.15, 0.2) is 0 Å². The fraction of sp³-hybridized carbons (Fsp3) is 0. The van der Waals surface area contributed by atoms with Crippen LogP contribution in [0, 0.1) is 18.2 Å². The predicted molar refractivity (Wildman–Crippen MR) is 22.9 cm³/mol. The van der Waals surface area contributed by atoms with Crippen LogP contribution >= 0.6 is 0 Å². The zero-order valence-corrected chi connectivity index (χ0v) is 4.23. The van der Waals surface area contributed by atoms with Crippen molar-refractivity contribution in [2.24, 2.45) is 0 Å². The molecule has 0 radical (unpaired) electrons. The molecule has 1 aromatic rings. The molecule has 0 aromatic heterocycles. The van der Waals surface area contributed by atoms with E-state index in [1.807, 2.05) is 0 Å². The van der Waals surface area contributed by atoms with Gasteiger partial charge in [0, 0.05) is 0 Å². The first-order chi connectivity index (χ1) is 3.00. The van der Waals surface area contributed by atoms with Gasteiger partial charge in [-0.1, -0.05) is 0 Å². The molecule has 0 unspecified atom stereocenters. The van der Waals surface area contributed by atoms with Crippen LogP contribution in [-0.4, -0.2) is 0 Å². The molecule has 0 aliphatic rings. The van der Waals surface area contributed by atoms with Crippen LogP contribution in [-0.2, 0) is 0 Å². The quantitative estimate of drug-likeness (QED) is 0.253. The summed E-state index contributed by atoms with van der Waals surface area (Å²) < 4.78 is 0. The molecule has 28 valence electrons. The Kier molecular flexibility index (Phi) is 3.62. The fourth-order valence-electron chi connectivity index (χ4n) is 0.269. The van der Waals surface area contributed by atoms with Crippen LogP contribution in [0.25, 0.3) is 0 Å². The molecule has 0 N–H and O–H groups in total. The first-order valence-electron chi connectivity index (χ1n) is 1.74. The van der Waals surface area contributed by atoms with Gasteiger partial charge < -0.3 is 0 Å². The summed E-state index contributed by atoms with van der Waals surface area (Å²) in [7, 11) is 0. The van der Waals surface area contributed by atoms with Crippen LogP contribution < -0.4 is 18.9 Å². The van der Waals surface area contributed by atoms with E-state index in [1.54, 1.807) is 18.2 Å². The van der Waals surface area contributed by atoms with E-state index in [2.05, 4.69) is 18.2 Å². The molecule has 0 fully saturated rings. The first-order valence-corrected chi connectivity index (χ1v) is 1.74. The van der Waals surface area contributed by atoms with Crippen molar-refractivity contribution < 1.29 is 18.9 Å². The second-order valence-electron chi connectivity index (χ2n) is 0.933. The van der Waals surface area contributed by atoms with E-state index < -0.39 is 0 Å². The molecule has 0 aliphatic heterocycles. The molecule has 0 saturated heterocycles. The molecule has 1 heteroatoms. The molecule has 1 aromatic carbocycles. The Bertz CT molecular complexity index is 76.1. The second-order valence-corrected chi connectivity index (χ2v) is 0.933. The van der Waals surface area contributed by atoms with Gasteiger partial charge in [-0.15, -0.1) is 12.1 Å². The minimum atomic E-state index is 0. The monoisotopic (exact) mass is 82.0 g/mol. The van der Waals surface area contributed by atoms with Crippen LogP contribution in [0.3, 0.4) is 0 Å². The maximum Gasteiger partial charge on any atom is 1.00 e. The molecule has 0 nitrogen and oxygen atoms in total. The van der Waals surface area contributed by atoms with Crippen LogP contribution in [0.5, 0.6) is 0 Å². The van der Waals surface area contributed by atoms with Crippen molar-refractivity contribution in [3.8, 4) is 0 Å². The minimum Gasteiger partial charge on any atom is -0.237 e. The van der Waals surface area contributed by atoms with Crippen molar-refractivity contribution in [3.63, 3.8) is 0 Å². The molecule has 0 heterocycles. The van der Waals surface area contributed by atoms with Crippen molar-refractivity contribution in [3.05, 3.63) is 36.4 Å². The molecule has 0 spiro atoms. The zero-order chi connectivity index (χ0) is 4.24. The van der Waals surface area contributed by atoms with Gasteiger partial charge in [0.1, 0.15) is 0 Å². The van der Waals surface area contributed by atoms with E-state index in [0.29, 0.717) is 0 Å². The number of hydrogen-bond acceptors (Lipinski definition) is 0. The zero-order valence-electron chi connectivity index (χ0n) is 4.23. The second kappa shape index (κ2) is 3.81. The Labute approximate surface area is 55.7 Å². The standard InChI is InChI=1S/C6H3.Li/c1-2-4-6-5-3-1;/h1-2,5H;/q-1;+1. The Hall–Kier alpha value is -0.363. The van der Waals surface area contributed by atoms with Gasteiger partial charge in [0.2, 0.25) is 0 Å². The summed E-state index contributed by atoms with van der Waals surface area (Å²) in [6, 6.07) is 13.5. The topological polar surface area (TPSA) is 0 Å². The Morgan fingerprint density at radius 1 is 1.29 bits per heavy atom. The molecule has 0 aliphatic carbocycles. The maximum absolute atomic E-state index is 2.81. The summed E-state index contributed by atoms with van der Waals surface area (Å²) in [6.07, 6.45) is 0. The van der Waals surface area contributed by atoms with Gasteiger partial charge >= 0.3 is 18.9 Å². The van der Waals surface area contributed by atoms with Crippen LogP contribution in [0.4, 0.5) is 0 Å². The van der Waals surface area contributed by atoms with E-state index in [1.165, 1.54) is 0 Å². The van der Waals surface area contributed by atoms with E-state index in [9.17, 15) is 0 Å². The third kappa shape index (κ3) is 2.35. The van der Waals surface area contributed by atoms with Crippen molar-refractivity contribution in [1.82, 2.24) is 0 Å². The van der Waals surface area contributed by atoms with Gasteiger partial charge in [-0.3, -0.25) is 0 Å². The van der Waals surface area contributed by atoms with E-state index in [4.69, 9.17) is 0 Å². The molecule has 7 heavy (non-hydrogen) atoms. The summed E-state index contributed by atoms with van der Waals surface area (Å²) in [5.41, 5.74) is 0. The molecular weight excluding hydrogens is 79.0 g/mol. The summed E-state index contributed by atoms with van der Waals surface area (Å²) in [5, 5.41) is 0. The van der Waals surface area contributed by atoms with Gasteiger partial charge in [-0.2, -0.15) is 12.1 Å². The Morgan fingerprint density at radius 2 is 2.14 bits per heavy atom. The SMILES string of the molecule is [Li+].c1c[c-]ccc#1. The molecule has 0 bridgehead atoms. The number of hydrogen-bond donors (Lipinski definition) is 0. The van der Waals surface area contributed by atoms with E-state index >= 15 is 0 Å². The molecular formula is C6H3Li. The Morgan fingerprint density at radius 3 is 2.29 bits per heavy atom. The molecule has 0 atom stereocenters. The molecule has 0 amide bonds. The summed E-state index contributed by atoms with van der Waals surface area (Å²) in [4.78, 5) is 0. The van der Waals surface area contributed by atoms with Crippen LogP contribution in [0.15, 0.2) is 18.2 Å². The van der Waals surface area contributed by atoms with E-state index in [0.717, 1.165) is 0 Å². The third-order valence-electron chi connectivity index (χ3n) is 0.502. The average Bonchev–Trinajstić information content (AvgIpc) is 1.72. The van der Waals surface area contributed by atoms with Crippen LogP contribution in [0.1, 0.15) is 0 Å². The maximum atomic E-state index is 2.81. The number of rotatable bonds is 0. The smallest absolute Gasteiger partial charge is 0.237 e. The largest absolute Gasteiger partial charge is 1.00 e. The van der Waals surface area contributed by atoms with Crippen LogP contribution in [0.2, 0.25) is 0 Å². The third-order valence-corrected chi connectivity index (χ3v) is 0.502.